The summed E-state index contributed by atoms with van der Waals surface area (Å²) in [5, 5.41) is 17.8. The lowest BCUT2D eigenvalue weighted by molar-refractivity contribution is 0.205. The summed E-state index contributed by atoms with van der Waals surface area (Å²) < 4.78 is 1.48. The van der Waals surface area contributed by atoms with Crippen LogP contribution in [-0.2, 0) is 7.05 Å². The molecule has 6 heteroatoms. The van der Waals surface area contributed by atoms with E-state index in [4.69, 9.17) is 11.6 Å². The average Bonchev–Trinajstić information content (AvgIpc) is 2.64. The number of nitrogens with zero attached hydrogens (tertiary/aromatic N) is 4. The summed E-state index contributed by atoms with van der Waals surface area (Å²) in [5.41, 5.74) is 0.958. The van der Waals surface area contributed by atoms with Crippen molar-refractivity contribution in [3.63, 3.8) is 0 Å². The molecule has 0 saturated carbocycles. The first-order valence-corrected chi connectivity index (χ1v) is 4.71. The van der Waals surface area contributed by atoms with E-state index in [2.05, 4.69) is 15.3 Å². The molecule has 5 nitrogen and oxygen atoms in total. The molecule has 0 radical (unpaired) electrons. The highest BCUT2D eigenvalue weighted by Gasteiger charge is 2.18. The summed E-state index contributed by atoms with van der Waals surface area (Å²) in [4.78, 5) is 4.02. The van der Waals surface area contributed by atoms with Crippen LogP contribution in [0.4, 0.5) is 0 Å². The minimum Gasteiger partial charge on any atom is -0.380 e. The minimum absolute atomic E-state index is 0.407. The van der Waals surface area contributed by atoms with Gasteiger partial charge in [-0.05, 0) is 12.1 Å². The predicted octanol–water partition coefficient (Wildman–Crippen LogP) is 0.945. The highest BCUT2D eigenvalue weighted by molar-refractivity contribution is 6.31. The van der Waals surface area contributed by atoms with E-state index in [0.717, 1.165) is 0 Å². The normalized spacial score (nSPS) is 12.7. The van der Waals surface area contributed by atoms with Gasteiger partial charge in [0.25, 0.3) is 0 Å². The van der Waals surface area contributed by atoms with Gasteiger partial charge in [0, 0.05) is 13.2 Å². The van der Waals surface area contributed by atoms with Crippen molar-refractivity contribution >= 4 is 11.6 Å². The van der Waals surface area contributed by atoms with E-state index in [9.17, 15) is 5.11 Å². The number of rotatable bonds is 2. The van der Waals surface area contributed by atoms with Crippen LogP contribution in [0.2, 0.25) is 5.02 Å². The topological polar surface area (TPSA) is 63.8 Å². The molecule has 15 heavy (non-hydrogen) atoms. The SMILES string of the molecule is Cn1nncc1C(O)c1ncccc1Cl. The van der Waals surface area contributed by atoms with Crippen LogP contribution in [-0.4, -0.2) is 25.1 Å². The molecule has 0 aliphatic rings. The molecule has 78 valence electrons. The Kier molecular flexibility index (Phi) is 2.66. The average molecular weight is 225 g/mol. The molecule has 0 saturated heterocycles. The zero-order valence-corrected chi connectivity index (χ0v) is 8.76. The number of aliphatic hydroxyl groups is 1. The van der Waals surface area contributed by atoms with E-state index in [1.54, 1.807) is 25.4 Å². The first-order valence-electron chi connectivity index (χ1n) is 4.33. The lowest BCUT2D eigenvalue weighted by Gasteiger charge is -2.10. The maximum Gasteiger partial charge on any atom is 0.141 e. The molecule has 2 heterocycles. The Morgan fingerprint density at radius 2 is 2.33 bits per heavy atom. The van der Waals surface area contributed by atoms with Gasteiger partial charge in [0.05, 0.1) is 22.6 Å². The molecule has 0 amide bonds. The summed E-state index contributed by atoms with van der Waals surface area (Å²) in [5.74, 6) is 0. The van der Waals surface area contributed by atoms with Gasteiger partial charge in [0.1, 0.15) is 6.10 Å². The molecule has 0 bridgehead atoms. The van der Waals surface area contributed by atoms with Crippen molar-refractivity contribution in [3.8, 4) is 0 Å². The molecule has 2 aromatic rings. The first-order chi connectivity index (χ1) is 7.20. The van der Waals surface area contributed by atoms with E-state index in [-0.39, 0.29) is 0 Å². The highest BCUT2D eigenvalue weighted by atomic mass is 35.5. The third kappa shape index (κ3) is 1.84. The predicted molar refractivity (Wildman–Crippen MR) is 54.3 cm³/mol. The Morgan fingerprint density at radius 1 is 1.53 bits per heavy atom. The van der Waals surface area contributed by atoms with Gasteiger partial charge in [-0.15, -0.1) is 5.10 Å². The second-order valence-electron chi connectivity index (χ2n) is 3.06. The monoisotopic (exact) mass is 224 g/mol. The van der Waals surface area contributed by atoms with Crippen molar-refractivity contribution < 1.29 is 5.11 Å². The maximum atomic E-state index is 9.99. The Hall–Kier alpha value is -1.46. The quantitative estimate of drug-likeness (QED) is 0.825. The van der Waals surface area contributed by atoms with Crippen molar-refractivity contribution in [2.75, 3.05) is 0 Å². The van der Waals surface area contributed by atoms with Crippen LogP contribution in [0.3, 0.4) is 0 Å². The standard InChI is InChI=1S/C9H9ClN4O/c1-14-7(5-12-13-14)9(15)8-6(10)3-2-4-11-8/h2-5,9,15H,1H3. The minimum atomic E-state index is -0.904. The van der Waals surface area contributed by atoms with Gasteiger partial charge in [-0.2, -0.15) is 0 Å². The van der Waals surface area contributed by atoms with Crippen molar-refractivity contribution in [2.45, 2.75) is 6.10 Å². The second-order valence-corrected chi connectivity index (χ2v) is 3.46. The molecule has 1 N–H and O–H groups in total. The lowest BCUT2D eigenvalue weighted by atomic mass is 10.2. The fourth-order valence-corrected chi connectivity index (χ4v) is 1.51. The van der Waals surface area contributed by atoms with Crippen LogP contribution in [0.25, 0.3) is 0 Å². The zero-order valence-electron chi connectivity index (χ0n) is 8.00. The Balaban J connectivity index is 2.41. The van der Waals surface area contributed by atoms with Crippen molar-refractivity contribution in [1.82, 2.24) is 20.0 Å². The van der Waals surface area contributed by atoms with Crippen LogP contribution in [0, 0.1) is 0 Å². The van der Waals surface area contributed by atoms with Crippen molar-refractivity contribution in [1.29, 1.82) is 0 Å². The smallest absolute Gasteiger partial charge is 0.141 e. The molecular formula is C9H9ClN4O. The van der Waals surface area contributed by atoms with Gasteiger partial charge in [0.2, 0.25) is 0 Å². The zero-order chi connectivity index (χ0) is 10.8. The summed E-state index contributed by atoms with van der Waals surface area (Å²) in [6.45, 7) is 0. The van der Waals surface area contributed by atoms with E-state index < -0.39 is 6.10 Å². The third-order valence-electron chi connectivity index (χ3n) is 2.08. The number of hydrogen-bond donors (Lipinski definition) is 1. The molecule has 0 spiro atoms. The van der Waals surface area contributed by atoms with Gasteiger partial charge < -0.3 is 5.11 Å². The highest BCUT2D eigenvalue weighted by Crippen LogP contribution is 2.24. The summed E-state index contributed by atoms with van der Waals surface area (Å²) >= 11 is 5.92. The first kappa shape index (κ1) is 10.1. The number of pyridine rings is 1. The molecule has 0 aliphatic carbocycles. The van der Waals surface area contributed by atoms with E-state index in [1.165, 1.54) is 10.9 Å². The van der Waals surface area contributed by atoms with Crippen molar-refractivity contribution in [3.05, 3.63) is 40.9 Å². The molecule has 0 aliphatic heterocycles. The molecule has 2 aromatic heterocycles. The molecule has 0 fully saturated rings. The van der Waals surface area contributed by atoms with Crippen molar-refractivity contribution in [2.24, 2.45) is 7.05 Å². The van der Waals surface area contributed by atoms with Crippen LogP contribution in [0.1, 0.15) is 17.5 Å². The van der Waals surface area contributed by atoms with E-state index >= 15 is 0 Å². The number of hydrogen-bond acceptors (Lipinski definition) is 4. The Bertz CT molecular complexity index is 471. The van der Waals surface area contributed by atoms with Gasteiger partial charge >= 0.3 is 0 Å². The van der Waals surface area contributed by atoms with Crippen LogP contribution >= 0.6 is 11.6 Å². The Labute approximate surface area is 91.3 Å². The van der Waals surface area contributed by atoms with Crippen LogP contribution in [0.15, 0.2) is 24.5 Å². The van der Waals surface area contributed by atoms with Crippen LogP contribution < -0.4 is 0 Å². The molecule has 0 aromatic carbocycles. The molecule has 1 unspecified atom stereocenters. The summed E-state index contributed by atoms with van der Waals surface area (Å²) in [6, 6.07) is 3.39. The van der Waals surface area contributed by atoms with Crippen LogP contribution in [0.5, 0.6) is 0 Å². The lowest BCUT2D eigenvalue weighted by Crippen LogP contribution is -2.08. The summed E-state index contributed by atoms with van der Waals surface area (Å²) in [6.07, 6.45) is 2.16. The fraction of sp³-hybridized carbons (Fsp3) is 0.222. The number of aryl methyl sites for hydroxylation is 1. The van der Waals surface area contributed by atoms with Gasteiger partial charge in [0.15, 0.2) is 0 Å². The Morgan fingerprint density at radius 3 is 2.93 bits per heavy atom. The van der Waals surface area contributed by atoms with E-state index in [0.29, 0.717) is 16.4 Å². The largest absolute Gasteiger partial charge is 0.380 e. The molecule has 1 atom stereocenters. The number of halogens is 1. The fourth-order valence-electron chi connectivity index (χ4n) is 1.28. The summed E-state index contributed by atoms with van der Waals surface area (Å²) in [7, 11) is 1.70. The molecular weight excluding hydrogens is 216 g/mol. The maximum absolute atomic E-state index is 9.99. The van der Waals surface area contributed by atoms with Gasteiger partial charge in [-0.1, -0.05) is 16.8 Å². The number of aromatic nitrogens is 4. The van der Waals surface area contributed by atoms with E-state index in [1.807, 2.05) is 0 Å². The second kappa shape index (κ2) is 3.96. The van der Waals surface area contributed by atoms with Gasteiger partial charge in [-0.3, -0.25) is 4.98 Å². The number of aliphatic hydroxyl groups excluding tert-OH is 1. The van der Waals surface area contributed by atoms with Gasteiger partial charge in [-0.25, -0.2) is 4.68 Å². The molecule has 2 rings (SSSR count). The third-order valence-corrected chi connectivity index (χ3v) is 2.40.